The van der Waals surface area contributed by atoms with Crippen molar-refractivity contribution in [2.45, 2.75) is 18.9 Å². The summed E-state index contributed by atoms with van der Waals surface area (Å²) < 4.78 is 5.90. The molecule has 1 unspecified atom stereocenters. The van der Waals surface area contributed by atoms with E-state index in [2.05, 4.69) is 15.1 Å². The molecular formula is C23H21N5O. The highest BCUT2D eigenvalue weighted by Crippen LogP contribution is 2.35. The number of pyridine rings is 1. The molecule has 0 spiro atoms. The van der Waals surface area contributed by atoms with Gasteiger partial charge in [-0.1, -0.05) is 18.2 Å². The van der Waals surface area contributed by atoms with Crippen LogP contribution >= 0.6 is 0 Å². The lowest BCUT2D eigenvalue weighted by Crippen LogP contribution is -2.27. The number of nitrogens with zero attached hydrogens (tertiary/aromatic N) is 3. The van der Waals surface area contributed by atoms with Crippen molar-refractivity contribution in [3.63, 3.8) is 0 Å². The minimum Gasteiger partial charge on any atom is -0.457 e. The first-order chi connectivity index (χ1) is 14.2. The van der Waals surface area contributed by atoms with Crippen molar-refractivity contribution in [2.75, 3.05) is 17.2 Å². The molecule has 3 N–H and O–H groups in total. The molecule has 2 aromatic heterocycles. The lowest BCUT2D eigenvalue weighted by Gasteiger charge is -2.23. The fourth-order valence-electron chi connectivity index (χ4n) is 3.79. The molecule has 4 aromatic rings. The summed E-state index contributed by atoms with van der Waals surface area (Å²) in [6, 6.07) is 19.5. The number of aromatic nitrogens is 3. The van der Waals surface area contributed by atoms with E-state index in [1.165, 1.54) is 0 Å². The Morgan fingerprint density at radius 1 is 1.07 bits per heavy atom. The van der Waals surface area contributed by atoms with E-state index in [9.17, 15) is 0 Å². The number of fused-ring (bicyclic) bond motifs is 1. The third-order valence-corrected chi connectivity index (χ3v) is 5.26. The van der Waals surface area contributed by atoms with Gasteiger partial charge in [-0.2, -0.15) is 5.10 Å². The number of nitrogens with one attached hydrogen (secondary N) is 1. The lowest BCUT2D eigenvalue weighted by molar-refractivity contribution is 0.483. The van der Waals surface area contributed by atoms with Crippen LogP contribution in [0, 0.1) is 6.92 Å². The number of para-hydroxylation sites is 1. The second-order valence-electron chi connectivity index (χ2n) is 7.20. The Morgan fingerprint density at radius 3 is 2.55 bits per heavy atom. The number of hydrogen-bond acceptors (Lipinski definition) is 5. The number of nitrogens with two attached hydrogens (primary N) is 1. The van der Waals surface area contributed by atoms with Crippen molar-refractivity contribution in [1.29, 1.82) is 0 Å². The first kappa shape index (κ1) is 17.6. The molecule has 1 aliphatic heterocycles. The highest BCUT2D eigenvalue weighted by atomic mass is 16.5. The van der Waals surface area contributed by atoms with Crippen LogP contribution in [-0.2, 0) is 0 Å². The molecule has 5 rings (SSSR count). The van der Waals surface area contributed by atoms with Gasteiger partial charge in [0.2, 0.25) is 0 Å². The Bertz CT molecular complexity index is 1140. The Kier molecular flexibility index (Phi) is 4.31. The zero-order valence-electron chi connectivity index (χ0n) is 15.9. The quantitative estimate of drug-likeness (QED) is 0.535. The van der Waals surface area contributed by atoms with Crippen LogP contribution in [0.4, 0.5) is 11.6 Å². The molecule has 3 heterocycles. The normalized spacial score (nSPS) is 16.4. The van der Waals surface area contributed by atoms with Crippen molar-refractivity contribution >= 4 is 22.5 Å². The molecule has 0 aliphatic carbocycles. The third kappa shape index (κ3) is 3.27. The molecule has 0 bridgehead atoms. The van der Waals surface area contributed by atoms with Crippen LogP contribution in [0.1, 0.15) is 12.8 Å². The van der Waals surface area contributed by atoms with Crippen LogP contribution in [0.5, 0.6) is 11.5 Å². The number of nitrogen functional groups attached to an aromatic ring is 1. The van der Waals surface area contributed by atoms with Gasteiger partial charge in [0.15, 0.2) is 5.82 Å². The van der Waals surface area contributed by atoms with E-state index >= 15 is 0 Å². The van der Waals surface area contributed by atoms with Gasteiger partial charge < -0.3 is 15.4 Å². The van der Waals surface area contributed by atoms with Crippen molar-refractivity contribution < 1.29 is 4.74 Å². The van der Waals surface area contributed by atoms with E-state index < -0.39 is 0 Å². The first-order valence-electron chi connectivity index (χ1n) is 9.69. The van der Waals surface area contributed by atoms with Crippen LogP contribution in [0.2, 0.25) is 0 Å². The van der Waals surface area contributed by atoms with E-state index in [-0.39, 0.29) is 6.04 Å². The smallest absolute Gasteiger partial charge is 0.155 e. The summed E-state index contributed by atoms with van der Waals surface area (Å²) in [5, 5.41) is 8.01. The van der Waals surface area contributed by atoms with Crippen molar-refractivity contribution in [3.05, 3.63) is 67.6 Å². The average molecular weight is 383 g/mol. The summed E-state index contributed by atoms with van der Waals surface area (Å²) in [7, 11) is 0. The Balaban J connectivity index is 1.54. The Hall–Kier alpha value is -3.54. The van der Waals surface area contributed by atoms with Gasteiger partial charge in [0, 0.05) is 24.2 Å². The van der Waals surface area contributed by atoms with Gasteiger partial charge >= 0.3 is 0 Å². The molecule has 1 fully saturated rings. The topological polar surface area (TPSA) is 80.1 Å². The standard InChI is InChI=1S/C23H21N5O/c1-15-6-5-13-28(15)20-14-19-21(23(24)27-26-19)22(25-20)16-9-11-18(12-10-16)29-17-7-3-2-4-8-17/h1-4,7-12,14-15H,5-6,13H2,(H3,24,26,27). The van der Waals surface area contributed by atoms with Crippen LogP contribution < -0.4 is 15.4 Å². The summed E-state index contributed by atoms with van der Waals surface area (Å²) in [5.41, 5.74) is 8.71. The largest absolute Gasteiger partial charge is 0.457 e. The molecule has 2 radical (unpaired) electrons. The predicted molar refractivity (Wildman–Crippen MR) is 115 cm³/mol. The SMILES string of the molecule is [CH]C1CCCN1c1cc2[nH]nc(N)c2c(-c2ccc(Oc3ccccc3)cc2)n1. The molecule has 1 aliphatic rings. The highest BCUT2D eigenvalue weighted by molar-refractivity contribution is 6.01. The molecule has 1 saturated heterocycles. The van der Waals surface area contributed by atoms with E-state index in [0.29, 0.717) is 5.82 Å². The second-order valence-corrected chi connectivity index (χ2v) is 7.20. The fraction of sp³-hybridized carbons (Fsp3) is 0.174. The number of anilines is 2. The number of benzene rings is 2. The summed E-state index contributed by atoms with van der Waals surface area (Å²) in [5.74, 6) is 2.83. The highest BCUT2D eigenvalue weighted by Gasteiger charge is 2.24. The molecular weight excluding hydrogens is 362 g/mol. The third-order valence-electron chi connectivity index (χ3n) is 5.26. The van der Waals surface area contributed by atoms with Crippen molar-refractivity contribution in [2.24, 2.45) is 0 Å². The van der Waals surface area contributed by atoms with Crippen LogP contribution in [0.15, 0.2) is 60.7 Å². The maximum atomic E-state index is 6.26. The number of hydrogen-bond donors (Lipinski definition) is 2. The van der Waals surface area contributed by atoms with Gasteiger partial charge in [0.1, 0.15) is 17.3 Å². The number of rotatable bonds is 4. The van der Waals surface area contributed by atoms with Gasteiger partial charge in [0.25, 0.3) is 0 Å². The van der Waals surface area contributed by atoms with E-state index in [1.807, 2.05) is 60.7 Å². The maximum Gasteiger partial charge on any atom is 0.155 e. The molecule has 1 atom stereocenters. The van der Waals surface area contributed by atoms with Gasteiger partial charge in [0.05, 0.1) is 16.6 Å². The van der Waals surface area contributed by atoms with Gasteiger partial charge in [-0.15, -0.1) is 0 Å². The maximum absolute atomic E-state index is 6.26. The van der Waals surface area contributed by atoms with Gasteiger partial charge in [-0.25, -0.2) is 4.98 Å². The Morgan fingerprint density at radius 2 is 1.83 bits per heavy atom. The van der Waals surface area contributed by atoms with Crippen LogP contribution in [-0.4, -0.2) is 27.8 Å². The fourth-order valence-corrected chi connectivity index (χ4v) is 3.79. The minimum atomic E-state index is -0.0188. The summed E-state index contributed by atoms with van der Waals surface area (Å²) in [6.45, 7) is 7.16. The molecule has 0 amide bonds. The minimum absolute atomic E-state index is 0.0188. The van der Waals surface area contributed by atoms with E-state index in [0.717, 1.165) is 58.9 Å². The predicted octanol–water partition coefficient (Wildman–Crippen LogP) is 4.68. The molecule has 6 nitrogen and oxygen atoms in total. The zero-order valence-corrected chi connectivity index (χ0v) is 15.9. The number of H-pyrrole nitrogens is 1. The van der Waals surface area contributed by atoms with E-state index in [1.54, 1.807) is 0 Å². The lowest BCUT2D eigenvalue weighted by atomic mass is 10.1. The monoisotopic (exact) mass is 383 g/mol. The Labute approximate surface area is 169 Å². The molecule has 29 heavy (non-hydrogen) atoms. The zero-order chi connectivity index (χ0) is 19.8. The summed E-state index contributed by atoms with van der Waals surface area (Å²) >= 11 is 0. The van der Waals surface area contributed by atoms with E-state index in [4.69, 9.17) is 22.4 Å². The second kappa shape index (κ2) is 7.13. The number of ether oxygens (including phenoxy) is 1. The molecule has 0 saturated carbocycles. The van der Waals surface area contributed by atoms with Crippen LogP contribution in [0.3, 0.4) is 0 Å². The summed E-state index contributed by atoms with van der Waals surface area (Å²) in [4.78, 5) is 7.05. The molecule has 144 valence electrons. The summed E-state index contributed by atoms with van der Waals surface area (Å²) in [6.07, 6.45) is 2.03. The van der Waals surface area contributed by atoms with Gasteiger partial charge in [-0.3, -0.25) is 5.10 Å². The van der Waals surface area contributed by atoms with Crippen molar-refractivity contribution in [3.8, 4) is 22.8 Å². The van der Waals surface area contributed by atoms with Crippen molar-refractivity contribution in [1.82, 2.24) is 15.2 Å². The van der Waals surface area contributed by atoms with Crippen LogP contribution in [0.25, 0.3) is 22.2 Å². The van der Waals surface area contributed by atoms with Gasteiger partial charge in [-0.05, 0) is 56.2 Å². The number of aromatic amines is 1. The molecule has 6 heteroatoms. The average Bonchev–Trinajstić information content (AvgIpc) is 3.34. The molecule has 2 aromatic carbocycles. The first-order valence-corrected chi connectivity index (χ1v) is 9.69.